The van der Waals surface area contributed by atoms with Crippen LogP contribution >= 0.6 is 0 Å². The van der Waals surface area contributed by atoms with Gasteiger partial charge >= 0.3 is 0 Å². The van der Waals surface area contributed by atoms with Gasteiger partial charge in [-0.25, -0.2) is 0 Å². The molecule has 0 aliphatic heterocycles. The van der Waals surface area contributed by atoms with E-state index >= 15 is 0 Å². The van der Waals surface area contributed by atoms with Crippen LogP contribution in [-0.2, 0) is 11.2 Å². The van der Waals surface area contributed by atoms with Gasteiger partial charge in [-0.15, -0.1) is 0 Å². The fourth-order valence-corrected chi connectivity index (χ4v) is 2.81. The van der Waals surface area contributed by atoms with Gasteiger partial charge in [0, 0.05) is 6.04 Å². The van der Waals surface area contributed by atoms with E-state index in [2.05, 4.69) is 19.2 Å². The molecule has 3 nitrogen and oxygen atoms in total. The summed E-state index contributed by atoms with van der Waals surface area (Å²) in [5.74, 6) is -0.0152. The summed E-state index contributed by atoms with van der Waals surface area (Å²) < 4.78 is 0. The minimum Gasteiger partial charge on any atom is -0.352 e. The van der Waals surface area contributed by atoms with E-state index in [1.165, 1.54) is 12.8 Å². The maximum atomic E-state index is 12.1. The van der Waals surface area contributed by atoms with Crippen LogP contribution in [0.2, 0.25) is 0 Å². The number of hydrogen-bond donors (Lipinski definition) is 2. The van der Waals surface area contributed by atoms with E-state index in [9.17, 15) is 4.79 Å². The Hall–Kier alpha value is -1.35. The van der Waals surface area contributed by atoms with Gasteiger partial charge < -0.3 is 11.1 Å². The van der Waals surface area contributed by atoms with Gasteiger partial charge in [-0.3, -0.25) is 4.79 Å². The Morgan fingerprint density at radius 1 is 1.30 bits per heavy atom. The van der Waals surface area contributed by atoms with Gasteiger partial charge in [0.05, 0.1) is 6.04 Å². The van der Waals surface area contributed by atoms with Gasteiger partial charge in [0.2, 0.25) is 5.91 Å². The molecule has 1 amide bonds. The molecule has 1 atom stereocenters. The summed E-state index contributed by atoms with van der Waals surface area (Å²) in [4.78, 5) is 12.1. The lowest BCUT2D eigenvalue weighted by molar-refractivity contribution is -0.123. The molecule has 110 valence electrons. The molecule has 1 aromatic carbocycles. The van der Waals surface area contributed by atoms with Crippen molar-refractivity contribution in [3.05, 3.63) is 35.9 Å². The molecule has 1 fully saturated rings. The fraction of sp³-hybridized carbons (Fsp3) is 0.588. The smallest absolute Gasteiger partial charge is 0.237 e. The van der Waals surface area contributed by atoms with Crippen LogP contribution in [0.3, 0.4) is 0 Å². The van der Waals surface area contributed by atoms with Crippen LogP contribution in [0.4, 0.5) is 0 Å². The zero-order valence-corrected chi connectivity index (χ0v) is 12.6. The maximum absolute atomic E-state index is 12.1. The first-order valence-electron chi connectivity index (χ1n) is 7.56. The molecule has 1 aliphatic rings. The van der Waals surface area contributed by atoms with E-state index in [0.717, 1.165) is 18.4 Å². The van der Waals surface area contributed by atoms with Crippen molar-refractivity contribution in [2.45, 2.75) is 58.0 Å². The van der Waals surface area contributed by atoms with Crippen molar-refractivity contribution in [1.29, 1.82) is 0 Å². The predicted molar refractivity (Wildman–Crippen MR) is 82.3 cm³/mol. The number of nitrogens with one attached hydrogen (secondary N) is 1. The summed E-state index contributed by atoms with van der Waals surface area (Å²) >= 11 is 0. The normalized spacial score (nSPS) is 20.4. The third kappa shape index (κ3) is 4.34. The Morgan fingerprint density at radius 2 is 1.90 bits per heavy atom. The van der Waals surface area contributed by atoms with Crippen LogP contribution in [0.25, 0.3) is 0 Å². The highest BCUT2D eigenvalue weighted by Gasteiger charge is 2.28. The lowest BCUT2D eigenvalue weighted by Gasteiger charge is -2.35. The molecule has 1 saturated carbocycles. The molecular formula is C17H26N2O. The first-order chi connectivity index (χ1) is 9.46. The van der Waals surface area contributed by atoms with E-state index < -0.39 is 6.04 Å². The SMILES string of the molecule is CC1(C)CCC(NC(=O)C(N)Cc2ccccc2)CC1. The molecule has 3 heteroatoms. The highest BCUT2D eigenvalue weighted by atomic mass is 16.2. The summed E-state index contributed by atoms with van der Waals surface area (Å²) in [6.07, 6.45) is 5.08. The van der Waals surface area contributed by atoms with Gasteiger partial charge in [-0.1, -0.05) is 44.2 Å². The average Bonchev–Trinajstić information content (AvgIpc) is 2.42. The van der Waals surface area contributed by atoms with Gasteiger partial charge in [0.15, 0.2) is 0 Å². The molecular weight excluding hydrogens is 248 g/mol. The zero-order chi connectivity index (χ0) is 14.6. The Labute approximate surface area is 121 Å². The summed E-state index contributed by atoms with van der Waals surface area (Å²) in [7, 11) is 0. The van der Waals surface area contributed by atoms with Crippen LogP contribution in [0.1, 0.15) is 45.1 Å². The predicted octanol–water partition coefficient (Wildman–Crippen LogP) is 2.64. The second-order valence-corrected chi connectivity index (χ2v) is 6.74. The fourth-order valence-electron chi connectivity index (χ4n) is 2.81. The summed E-state index contributed by atoms with van der Waals surface area (Å²) in [5.41, 5.74) is 7.54. The van der Waals surface area contributed by atoms with Crippen LogP contribution in [0.15, 0.2) is 30.3 Å². The van der Waals surface area contributed by atoms with Gasteiger partial charge in [0.1, 0.15) is 0 Å². The second-order valence-electron chi connectivity index (χ2n) is 6.74. The van der Waals surface area contributed by atoms with Crippen molar-refractivity contribution >= 4 is 5.91 Å². The summed E-state index contributed by atoms with van der Waals surface area (Å²) in [6.45, 7) is 4.60. The van der Waals surface area contributed by atoms with E-state index in [1.54, 1.807) is 0 Å². The Kier molecular flexibility index (Phi) is 4.81. The molecule has 0 heterocycles. The number of carbonyl (C=O) groups excluding carboxylic acids is 1. The molecule has 3 N–H and O–H groups in total. The van der Waals surface area contributed by atoms with Crippen molar-refractivity contribution < 1.29 is 4.79 Å². The first kappa shape index (κ1) is 15.0. The largest absolute Gasteiger partial charge is 0.352 e. The number of carbonyl (C=O) groups is 1. The van der Waals surface area contributed by atoms with Crippen LogP contribution in [0, 0.1) is 5.41 Å². The Balaban J connectivity index is 1.80. The first-order valence-corrected chi connectivity index (χ1v) is 7.56. The van der Waals surface area contributed by atoms with Crippen LogP contribution in [-0.4, -0.2) is 18.0 Å². The molecule has 0 radical (unpaired) electrons. The van der Waals surface area contributed by atoms with Gasteiger partial charge in [0.25, 0.3) is 0 Å². The standard InChI is InChI=1S/C17H26N2O/c1-17(2)10-8-14(9-11-17)19-16(20)15(18)12-13-6-4-3-5-7-13/h3-7,14-15H,8-12,18H2,1-2H3,(H,19,20). The van der Waals surface area contributed by atoms with Gasteiger partial charge in [-0.2, -0.15) is 0 Å². The number of benzene rings is 1. The third-order valence-corrected chi connectivity index (χ3v) is 4.32. The monoisotopic (exact) mass is 274 g/mol. The molecule has 1 unspecified atom stereocenters. The Morgan fingerprint density at radius 3 is 2.50 bits per heavy atom. The zero-order valence-electron chi connectivity index (χ0n) is 12.6. The van der Waals surface area contributed by atoms with E-state index in [-0.39, 0.29) is 5.91 Å². The van der Waals surface area contributed by atoms with Crippen molar-refractivity contribution in [2.24, 2.45) is 11.1 Å². The van der Waals surface area contributed by atoms with Crippen LogP contribution < -0.4 is 11.1 Å². The molecule has 0 saturated heterocycles. The maximum Gasteiger partial charge on any atom is 0.237 e. The third-order valence-electron chi connectivity index (χ3n) is 4.32. The molecule has 0 bridgehead atoms. The lowest BCUT2D eigenvalue weighted by Crippen LogP contribution is -2.47. The molecule has 0 aromatic heterocycles. The number of amides is 1. The Bertz CT molecular complexity index is 432. The van der Waals surface area contributed by atoms with Crippen molar-refractivity contribution in [2.75, 3.05) is 0 Å². The minimum absolute atomic E-state index is 0.0152. The highest BCUT2D eigenvalue weighted by molar-refractivity contribution is 5.82. The van der Waals surface area contributed by atoms with E-state index in [4.69, 9.17) is 5.73 Å². The highest BCUT2D eigenvalue weighted by Crippen LogP contribution is 2.34. The van der Waals surface area contributed by atoms with Gasteiger partial charge in [-0.05, 0) is 43.1 Å². The number of hydrogen-bond acceptors (Lipinski definition) is 2. The molecule has 20 heavy (non-hydrogen) atoms. The lowest BCUT2D eigenvalue weighted by atomic mass is 9.75. The molecule has 0 spiro atoms. The van der Waals surface area contributed by atoms with E-state index in [0.29, 0.717) is 17.9 Å². The van der Waals surface area contributed by atoms with E-state index in [1.807, 2.05) is 30.3 Å². The molecule has 2 rings (SSSR count). The number of nitrogens with two attached hydrogens (primary N) is 1. The quantitative estimate of drug-likeness (QED) is 0.887. The van der Waals surface area contributed by atoms with Crippen molar-refractivity contribution in [3.8, 4) is 0 Å². The number of rotatable bonds is 4. The molecule has 1 aliphatic carbocycles. The summed E-state index contributed by atoms with van der Waals surface area (Å²) in [6, 6.07) is 9.79. The average molecular weight is 274 g/mol. The van der Waals surface area contributed by atoms with Crippen molar-refractivity contribution in [3.63, 3.8) is 0 Å². The van der Waals surface area contributed by atoms with Crippen LogP contribution in [0.5, 0.6) is 0 Å². The second kappa shape index (κ2) is 6.40. The minimum atomic E-state index is -0.452. The molecule has 1 aromatic rings. The summed E-state index contributed by atoms with van der Waals surface area (Å²) in [5, 5.41) is 3.11. The van der Waals surface area contributed by atoms with Crippen molar-refractivity contribution in [1.82, 2.24) is 5.32 Å². The topological polar surface area (TPSA) is 55.1 Å².